The number of aliphatic hydroxyl groups is 1. The number of thiazole rings is 1. The van der Waals surface area contributed by atoms with Crippen LogP contribution in [-0.2, 0) is 0 Å². The normalized spacial score (nSPS) is 13.1. The summed E-state index contributed by atoms with van der Waals surface area (Å²) in [6.45, 7) is 2.33. The van der Waals surface area contributed by atoms with Gasteiger partial charge in [0.25, 0.3) is 0 Å². The third-order valence-corrected chi connectivity index (χ3v) is 4.51. The van der Waals surface area contributed by atoms with Crippen LogP contribution in [0.4, 0.5) is 5.69 Å². The maximum Gasteiger partial charge on any atom is 0.151 e. The number of nitrogens with two attached hydrogens (primary N) is 1. The van der Waals surface area contributed by atoms with Crippen molar-refractivity contribution in [3.63, 3.8) is 0 Å². The third-order valence-electron chi connectivity index (χ3n) is 2.23. The molecule has 86 valence electrons. The van der Waals surface area contributed by atoms with Crippen molar-refractivity contribution in [2.45, 2.75) is 22.9 Å². The Balaban J connectivity index is 2.19. The number of aliphatic hydroxyl groups excluding tert-OH is 1. The molecule has 0 aliphatic carbocycles. The van der Waals surface area contributed by atoms with Gasteiger partial charge in [-0.25, -0.2) is 4.98 Å². The lowest BCUT2D eigenvalue weighted by atomic mass is 10.3. The molecule has 3 N–H and O–H groups in total. The predicted octanol–water partition coefficient (Wildman–Crippen LogP) is 2.74. The molecular weight excluding hydrogens is 240 g/mol. The average molecular weight is 254 g/mol. The van der Waals surface area contributed by atoms with E-state index < -0.39 is 0 Å². The number of fused-ring (bicyclic) bond motifs is 1. The molecule has 0 bridgehead atoms. The van der Waals surface area contributed by atoms with Crippen molar-refractivity contribution in [1.82, 2.24) is 4.98 Å². The molecule has 16 heavy (non-hydrogen) atoms. The molecule has 1 unspecified atom stereocenters. The summed E-state index contributed by atoms with van der Waals surface area (Å²) in [6.07, 6.45) is 0.794. The molecule has 0 saturated carbocycles. The van der Waals surface area contributed by atoms with Crippen molar-refractivity contribution in [2.24, 2.45) is 0 Å². The molecule has 0 amide bonds. The third kappa shape index (κ3) is 2.66. The van der Waals surface area contributed by atoms with E-state index in [-0.39, 0.29) is 6.61 Å². The molecule has 2 rings (SSSR count). The van der Waals surface area contributed by atoms with Gasteiger partial charge in [-0.05, 0) is 24.6 Å². The Kier molecular flexibility index (Phi) is 3.68. The average Bonchev–Trinajstić information content (AvgIpc) is 2.59. The zero-order valence-corrected chi connectivity index (χ0v) is 10.6. The fourth-order valence-corrected chi connectivity index (χ4v) is 3.80. The van der Waals surface area contributed by atoms with Gasteiger partial charge in [0.05, 0.1) is 10.2 Å². The number of hydrogen-bond acceptors (Lipinski definition) is 5. The molecule has 1 heterocycles. The summed E-state index contributed by atoms with van der Waals surface area (Å²) < 4.78 is 2.17. The number of hydrogen-bond donors (Lipinski definition) is 2. The molecule has 1 atom stereocenters. The van der Waals surface area contributed by atoms with Crippen molar-refractivity contribution in [1.29, 1.82) is 0 Å². The quantitative estimate of drug-likeness (QED) is 0.650. The maximum absolute atomic E-state index is 8.84. The highest BCUT2D eigenvalue weighted by molar-refractivity contribution is 8.01. The summed E-state index contributed by atoms with van der Waals surface area (Å²) in [4.78, 5) is 4.52. The van der Waals surface area contributed by atoms with E-state index in [1.54, 1.807) is 23.1 Å². The van der Waals surface area contributed by atoms with E-state index in [2.05, 4.69) is 11.9 Å². The number of nitrogens with zero attached hydrogens (tertiary/aromatic N) is 1. The molecular formula is C11H14N2OS2. The first-order valence-corrected chi connectivity index (χ1v) is 6.82. The summed E-state index contributed by atoms with van der Waals surface area (Å²) in [7, 11) is 0. The highest BCUT2D eigenvalue weighted by atomic mass is 32.2. The molecule has 1 aromatic heterocycles. The summed E-state index contributed by atoms with van der Waals surface area (Å²) in [6, 6.07) is 5.77. The van der Waals surface area contributed by atoms with Crippen LogP contribution >= 0.6 is 23.1 Å². The minimum absolute atomic E-state index is 0.228. The Hall–Kier alpha value is -0.780. The zero-order valence-electron chi connectivity index (χ0n) is 9.01. The van der Waals surface area contributed by atoms with E-state index in [0.717, 1.165) is 26.7 Å². The minimum atomic E-state index is 0.228. The van der Waals surface area contributed by atoms with Crippen LogP contribution in [0.1, 0.15) is 13.3 Å². The van der Waals surface area contributed by atoms with Crippen LogP contribution in [0.2, 0.25) is 0 Å². The lowest BCUT2D eigenvalue weighted by Gasteiger charge is -2.04. The summed E-state index contributed by atoms with van der Waals surface area (Å²) in [5.74, 6) is 0. The van der Waals surface area contributed by atoms with Crippen LogP contribution in [0, 0.1) is 0 Å². The second kappa shape index (κ2) is 5.03. The standard InChI is InChI=1S/C11H14N2OS2/c1-7(4-5-14)15-11-13-9-3-2-8(12)6-10(9)16-11/h2-3,6-7,14H,4-5,12H2,1H3. The maximum atomic E-state index is 8.84. The van der Waals surface area contributed by atoms with Gasteiger partial charge in [0.2, 0.25) is 0 Å². The molecule has 0 aliphatic heterocycles. The monoisotopic (exact) mass is 254 g/mol. The second-order valence-electron chi connectivity index (χ2n) is 3.65. The molecule has 0 aliphatic rings. The van der Waals surface area contributed by atoms with Gasteiger partial charge in [-0.3, -0.25) is 0 Å². The molecule has 0 saturated heterocycles. The van der Waals surface area contributed by atoms with Gasteiger partial charge in [-0.1, -0.05) is 18.7 Å². The van der Waals surface area contributed by atoms with Crippen molar-refractivity contribution in [3.05, 3.63) is 18.2 Å². The Morgan fingerprint density at radius 3 is 3.12 bits per heavy atom. The van der Waals surface area contributed by atoms with Crippen molar-refractivity contribution in [3.8, 4) is 0 Å². The summed E-state index contributed by atoms with van der Waals surface area (Å²) >= 11 is 3.36. The first kappa shape index (κ1) is 11.7. The van der Waals surface area contributed by atoms with E-state index in [4.69, 9.17) is 10.8 Å². The van der Waals surface area contributed by atoms with E-state index >= 15 is 0 Å². The van der Waals surface area contributed by atoms with Crippen LogP contribution in [0.5, 0.6) is 0 Å². The van der Waals surface area contributed by atoms with E-state index in [1.807, 2.05) is 18.2 Å². The van der Waals surface area contributed by atoms with E-state index in [1.165, 1.54) is 0 Å². The number of aromatic nitrogens is 1. The number of anilines is 1. The van der Waals surface area contributed by atoms with Crippen molar-refractivity contribution >= 4 is 39.0 Å². The fraction of sp³-hybridized carbons (Fsp3) is 0.364. The summed E-state index contributed by atoms with van der Waals surface area (Å²) in [5.41, 5.74) is 7.49. The summed E-state index contributed by atoms with van der Waals surface area (Å²) in [5, 5.41) is 9.24. The van der Waals surface area contributed by atoms with Crippen molar-refractivity contribution < 1.29 is 5.11 Å². The molecule has 1 aromatic carbocycles. The highest BCUT2D eigenvalue weighted by Crippen LogP contribution is 2.33. The van der Waals surface area contributed by atoms with Gasteiger partial charge in [-0.2, -0.15) is 0 Å². The van der Waals surface area contributed by atoms with E-state index in [9.17, 15) is 0 Å². The Morgan fingerprint density at radius 2 is 2.38 bits per heavy atom. The molecule has 0 fully saturated rings. The van der Waals surface area contributed by atoms with Crippen LogP contribution in [-0.4, -0.2) is 21.9 Å². The highest BCUT2D eigenvalue weighted by Gasteiger charge is 2.09. The Bertz CT molecular complexity index is 484. The molecule has 0 spiro atoms. The van der Waals surface area contributed by atoms with Gasteiger partial charge in [0.15, 0.2) is 4.34 Å². The molecule has 0 radical (unpaired) electrons. The number of rotatable bonds is 4. The smallest absolute Gasteiger partial charge is 0.151 e. The number of benzene rings is 1. The van der Waals surface area contributed by atoms with Crippen LogP contribution in [0.15, 0.2) is 22.5 Å². The van der Waals surface area contributed by atoms with Gasteiger partial charge in [0.1, 0.15) is 0 Å². The fourth-order valence-electron chi connectivity index (χ4n) is 1.38. The second-order valence-corrected chi connectivity index (χ2v) is 6.36. The number of thioether (sulfide) groups is 1. The molecule has 2 aromatic rings. The van der Waals surface area contributed by atoms with Crippen molar-refractivity contribution in [2.75, 3.05) is 12.3 Å². The van der Waals surface area contributed by atoms with Gasteiger partial charge < -0.3 is 10.8 Å². The van der Waals surface area contributed by atoms with Crippen LogP contribution < -0.4 is 5.73 Å². The molecule has 5 heteroatoms. The first-order chi connectivity index (χ1) is 7.69. The van der Waals surface area contributed by atoms with Crippen LogP contribution in [0.3, 0.4) is 0 Å². The largest absolute Gasteiger partial charge is 0.399 e. The lowest BCUT2D eigenvalue weighted by molar-refractivity contribution is 0.289. The minimum Gasteiger partial charge on any atom is -0.399 e. The molecule has 3 nitrogen and oxygen atoms in total. The Morgan fingerprint density at radius 1 is 1.56 bits per heavy atom. The SMILES string of the molecule is CC(CCO)Sc1nc2ccc(N)cc2s1. The van der Waals surface area contributed by atoms with Gasteiger partial charge >= 0.3 is 0 Å². The topological polar surface area (TPSA) is 59.1 Å². The number of nitrogen functional groups attached to an aromatic ring is 1. The van der Waals surface area contributed by atoms with Crippen LogP contribution in [0.25, 0.3) is 10.2 Å². The first-order valence-electron chi connectivity index (χ1n) is 5.12. The zero-order chi connectivity index (χ0) is 11.5. The van der Waals surface area contributed by atoms with E-state index in [0.29, 0.717) is 5.25 Å². The predicted molar refractivity (Wildman–Crippen MR) is 71.1 cm³/mol. The Labute approximate surface area is 103 Å². The van der Waals surface area contributed by atoms with Gasteiger partial charge in [0, 0.05) is 17.5 Å². The lowest BCUT2D eigenvalue weighted by Crippen LogP contribution is -1.98. The van der Waals surface area contributed by atoms with Gasteiger partial charge in [-0.15, -0.1) is 11.3 Å².